The highest BCUT2D eigenvalue weighted by atomic mass is 16.6. The van der Waals surface area contributed by atoms with E-state index in [9.17, 15) is 19.2 Å². The highest BCUT2D eigenvalue weighted by Crippen LogP contribution is 2.25. The normalized spacial score (nSPS) is 17.2. The molecule has 0 aromatic heterocycles. The van der Waals surface area contributed by atoms with Crippen molar-refractivity contribution in [1.82, 2.24) is 9.80 Å². The van der Waals surface area contributed by atoms with Crippen LogP contribution in [-0.4, -0.2) is 58.7 Å². The van der Waals surface area contributed by atoms with E-state index >= 15 is 0 Å². The predicted octanol–water partition coefficient (Wildman–Crippen LogP) is 2.11. The fourth-order valence-corrected chi connectivity index (χ4v) is 3.12. The van der Waals surface area contributed by atoms with Crippen LogP contribution in [0.5, 0.6) is 0 Å². The van der Waals surface area contributed by atoms with Crippen molar-refractivity contribution in [1.29, 1.82) is 0 Å². The number of hydrogen-bond donors (Lipinski definition) is 0. The number of amides is 3. The Balaban J connectivity index is 1.49. The van der Waals surface area contributed by atoms with Crippen molar-refractivity contribution in [3.05, 3.63) is 35.4 Å². The van der Waals surface area contributed by atoms with Gasteiger partial charge in [-0.1, -0.05) is 12.1 Å². The van der Waals surface area contributed by atoms with Gasteiger partial charge >= 0.3 is 6.09 Å². The lowest BCUT2D eigenvalue weighted by Gasteiger charge is -2.39. The zero-order valence-corrected chi connectivity index (χ0v) is 15.2. The average molecular weight is 358 g/mol. The van der Waals surface area contributed by atoms with E-state index in [0.29, 0.717) is 24.2 Å². The molecule has 7 heteroatoms. The Hall–Kier alpha value is -2.70. The minimum Gasteiger partial charge on any atom is -0.444 e. The second-order valence-electron chi connectivity index (χ2n) is 7.74. The number of benzene rings is 1. The zero-order valence-electron chi connectivity index (χ0n) is 15.2. The lowest BCUT2D eigenvalue weighted by molar-refractivity contribution is -0.121. The maximum absolute atomic E-state index is 12.3. The molecule has 2 heterocycles. The highest BCUT2D eigenvalue weighted by molar-refractivity contribution is 6.22. The fraction of sp³-hybridized carbons (Fsp3) is 0.474. The summed E-state index contributed by atoms with van der Waals surface area (Å²) in [5, 5.41) is 0. The van der Waals surface area contributed by atoms with Gasteiger partial charge in [-0.25, -0.2) is 4.79 Å². The van der Waals surface area contributed by atoms with Gasteiger partial charge in [0.15, 0.2) is 5.78 Å². The molecule has 0 spiro atoms. The van der Waals surface area contributed by atoms with Gasteiger partial charge in [0.1, 0.15) is 5.60 Å². The number of hydrogen-bond acceptors (Lipinski definition) is 5. The third-order valence-electron chi connectivity index (χ3n) is 4.34. The summed E-state index contributed by atoms with van der Waals surface area (Å²) in [6.07, 6.45) is -0.159. The zero-order chi connectivity index (χ0) is 19.1. The average Bonchev–Trinajstić information content (AvgIpc) is 2.74. The molecule has 0 radical (unpaired) electrons. The quantitative estimate of drug-likeness (QED) is 0.770. The van der Waals surface area contributed by atoms with Gasteiger partial charge in [0.05, 0.1) is 17.7 Å². The number of imide groups is 1. The molecule has 1 aromatic rings. The molecule has 0 saturated carbocycles. The van der Waals surface area contributed by atoms with Crippen molar-refractivity contribution in [2.24, 2.45) is 5.92 Å². The second kappa shape index (κ2) is 6.55. The van der Waals surface area contributed by atoms with Crippen LogP contribution in [0.4, 0.5) is 4.79 Å². The number of ketones is 1. The molecule has 3 amide bonds. The largest absolute Gasteiger partial charge is 0.444 e. The summed E-state index contributed by atoms with van der Waals surface area (Å²) >= 11 is 0. The second-order valence-corrected chi connectivity index (χ2v) is 7.74. The van der Waals surface area contributed by atoms with Gasteiger partial charge in [0.25, 0.3) is 11.8 Å². The number of nitrogens with zero attached hydrogens (tertiary/aromatic N) is 2. The lowest BCUT2D eigenvalue weighted by Crippen LogP contribution is -2.52. The van der Waals surface area contributed by atoms with E-state index < -0.39 is 17.4 Å². The maximum Gasteiger partial charge on any atom is 0.410 e. The van der Waals surface area contributed by atoms with Crippen molar-refractivity contribution in [2.45, 2.75) is 32.8 Å². The number of rotatable bonds is 4. The Kier molecular flexibility index (Phi) is 4.56. The minimum absolute atomic E-state index is 0.0326. The summed E-state index contributed by atoms with van der Waals surface area (Å²) in [5.74, 6) is -1.01. The Morgan fingerprint density at radius 1 is 1.08 bits per heavy atom. The van der Waals surface area contributed by atoms with E-state index in [0.717, 1.165) is 4.90 Å². The Morgan fingerprint density at radius 2 is 1.62 bits per heavy atom. The molecule has 2 aliphatic rings. The van der Waals surface area contributed by atoms with E-state index in [1.165, 1.54) is 0 Å². The summed E-state index contributed by atoms with van der Waals surface area (Å²) in [6.45, 7) is 6.07. The first kappa shape index (κ1) is 18.1. The van der Waals surface area contributed by atoms with Crippen molar-refractivity contribution < 1.29 is 23.9 Å². The number of carbonyl (C=O) groups excluding carboxylic acids is 4. The van der Waals surface area contributed by atoms with Crippen LogP contribution in [-0.2, 0) is 9.53 Å². The van der Waals surface area contributed by atoms with Crippen LogP contribution >= 0.6 is 0 Å². The molecule has 0 atom stereocenters. The van der Waals surface area contributed by atoms with Gasteiger partial charge in [-0.15, -0.1) is 0 Å². The Bertz CT molecular complexity index is 739. The molecule has 7 nitrogen and oxygen atoms in total. The van der Waals surface area contributed by atoms with Crippen molar-refractivity contribution in [2.75, 3.05) is 19.6 Å². The molecule has 2 aliphatic heterocycles. The lowest BCUT2D eigenvalue weighted by atomic mass is 9.94. The third-order valence-corrected chi connectivity index (χ3v) is 4.34. The van der Waals surface area contributed by atoms with Crippen LogP contribution in [0.2, 0.25) is 0 Å². The first-order valence-electron chi connectivity index (χ1n) is 8.60. The SMILES string of the molecule is CC(C)(C)OC(=O)N1CC(CC(=O)CN2C(=O)c3ccccc3C2=O)C1. The third kappa shape index (κ3) is 3.61. The van der Waals surface area contributed by atoms with Crippen LogP contribution < -0.4 is 0 Å². The molecule has 26 heavy (non-hydrogen) atoms. The topological polar surface area (TPSA) is 84.0 Å². The summed E-state index contributed by atoms with van der Waals surface area (Å²) < 4.78 is 5.27. The number of carbonyl (C=O) groups is 4. The molecule has 0 unspecified atom stereocenters. The van der Waals surface area contributed by atoms with E-state index in [4.69, 9.17) is 4.74 Å². The monoisotopic (exact) mass is 358 g/mol. The first-order valence-corrected chi connectivity index (χ1v) is 8.60. The Labute approximate surface area is 151 Å². The Morgan fingerprint density at radius 3 is 2.12 bits per heavy atom. The number of fused-ring (bicyclic) bond motifs is 1. The molecule has 0 aliphatic carbocycles. The predicted molar refractivity (Wildman–Crippen MR) is 92.7 cm³/mol. The summed E-state index contributed by atoms with van der Waals surface area (Å²) in [6, 6.07) is 6.55. The molecule has 0 N–H and O–H groups in total. The maximum atomic E-state index is 12.3. The molecular weight excluding hydrogens is 336 g/mol. The molecule has 1 fully saturated rings. The minimum atomic E-state index is -0.552. The van der Waals surface area contributed by atoms with Crippen LogP contribution in [0.15, 0.2) is 24.3 Å². The van der Waals surface area contributed by atoms with Gasteiger partial charge in [0, 0.05) is 25.4 Å². The smallest absolute Gasteiger partial charge is 0.410 e. The molecule has 0 bridgehead atoms. The fourth-order valence-electron chi connectivity index (χ4n) is 3.12. The first-order chi connectivity index (χ1) is 12.2. The van der Waals surface area contributed by atoms with E-state index in [-0.39, 0.29) is 30.8 Å². The van der Waals surface area contributed by atoms with Gasteiger partial charge < -0.3 is 9.64 Å². The standard InChI is InChI=1S/C19H22N2O5/c1-19(2,3)26-18(25)20-9-12(10-20)8-13(22)11-21-16(23)14-6-4-5-7-15(14)17(21)24/h4-7,12H,8-11H2,1-3H3. The molecule has 3 rings (SSSR count). The van der Waals surface area contributed by atoms with Crippen LogP contribution in [0, 0.1) is 5.92 Å². The number of Topliss-reactive ketones (excluding diaryl/α,β-unsaturated/α-hetero) is 1. The highest BCUT2D eigenvalue weighted by Gasteiger charge is 2.38. The van der Waals surface area contributed by atoms with Gasteiger partial charge in [-0.3, -0.25) is 19.3 Å². The summed E-state index contributed by atoms with van der Waals surface area (Å²) in [4.78, 5) is 51.2. The molecule has 1 aromatic carbocycles. The molecule has 1 saturated heterocycles. The van der Waals surface area contributed by atoms with Gasteiger partial charge in [0.2, 0.25) is 0 Å². The number of ether oxygens (including phenoxy) is 1. The van der Waals surface area contributed by atoms with Crippen molar-refractivity contribution in [3.63, 3.8) is 0 Å². The van der Waals surface area contributed by atoms with Crippen molar-refractivity contribution in [3.8, 4) is 0 Å². The van der Waals surface area contributed by atoms with Crippen LogP contribution in [0.25, 0.3) is 0 Å². The molecule has 138 valence electrons. The summed E-state index contributed by atoms with van der Waals surface area (Å²) in [5.41, 5.74) is 0.124. The van der Waals surface area contributed by atoms with Crippen LogP contribution in [0.3, 0.4) is 0 Å². The van der Waals surface area contributed by atoms with Crippen molar-refractivity contribution >= 4 is 23.7 Å². The summed E-state index contributed by atoms with van der Waals surface area (Å²) in [7, 11) is 0. The molecular formula is C19H22N2O5. The van der Waals surface area contributed by atoms with Gasteiger partial charge in [-0.2, -0.15) is 0 Å². The van der Waals surface area contributed by atoms with E-state index in [2.05, 4.69) is 0 Å². The van der Waals surface area contributed by atoms with Crippen LogP contribution in [0.1, 0.15) is 47.9 Å². The van der Waals surface area contributed by atoms with E-state index in [1.807, 2.05) is 0 Å². The van der Waals surface area contributed by atoms with E-state index in [1.54, 1.807) is 49.9 Å². The van der Waals surface area contributed by atoms with Gasteiger partial charge in [-0.05, 0) is 32.9 Å². The number of likely N-dealkylation sites (tertiary alicyclic amines) is 1.